The zero-order chi connectivity index (χ0) is 9.42. The first kappa shape index (κ1) is 8.02. The molecule has 5 heteroatoms. The van der Waals surface area contributed by atoms with E-state index in [4.69, 9.17) is 16.9 Å². The minimum atomic E-state index is 0.365. The molecule has 0 unspecified atom stereocenters. The molecule has 0 aliphatic heterocycles. The second-order valence-electron chi connectivity index (χ2n) is 2.59. The van der Waals surface area contributed by atoms with Crippen LogP contribution in [0.1, 0.15) is 11.3 Å². The Kier molecular flexibility index (Phi) is 1.67. The summed E-state index contributed by atoms with van der Waals surface area (Å²) < 4.78 is 1.54. The van der Waals surface area contributed by atoms with Gasteiger partial charge in [0, 0.05) is 6.20 Å². The van der Waals surface area contributed by atoms with E-state index in [1.54, 1.807) is 23.7 Å². The molecule has 0 spiro atoms. The zero-order valence-electron chi connectivity index (χ0n) is 6.82. The third-order valence-corrected chi connectivity index (χ3v) is 1.95. The first-order valence-electron chi connectivity index (χ1n) is 3.64. The summed E-state index contributed by atoms with van der Waals surface area (Å²) in [4.78, 5) is 4.01. The summed E-state index contributed by atoms with van der Waals surface area (Å²) in [6.07, 6.45) is 1.68. The topological polar surface area (TPSA) is 54.0 Å². The third kappa shape index (κ3) is 1.14. The van der Waals surface area contributed by atoms with E-state index >= 15 is 0 Å². The van der Waals surface area contributed by atoms with Crippen molar-refractivity contribution in [2.75, 3.05) is 0 Å². The molecule has 2 heterocycles. The number of aryl methyl sites for hydroxylation is 1. The van der Waals surface area contributed by atoms with Crippen molar-refractivity contribution in [1.29, 1.82) is 5.26 Å². The van der Waals surface area contributed by atoms with Crippen molar-refractivity contribution in [3.8, 4) is 6.07 Å². The molecular formula is C8H5ClN4. The van der Waals surface area contributed by atoms with Gasteiger partial charge in [-0.1, -0.05) is 11.6 Å². The Labute approximate surface area is 79.4 Å². The van der Waals surface area contributed by atoms with Crippen LogP contribution in [-0.4, -0.2) is 14.6 Å². The summed E-state index contributed by atoms with van der Waals surface area (Å²) in [5.41, 5.74) is 1.65. The quantitative estimate of drug-likeness (QED) is 0.596. The van der Waals surface area contributed by atoms with Crippen LogP contribution in [0.25, 0.3) is 5.65 Å². The lowest BCUT2D eigenvalue weighted by Gasteiger charge is -1.91. The van der Waals surface area contributed by atoms with Gasteiger partial charge in [-0.2, -0.15) is 10.4 Å². The molecule has 0 radical (unpaired) electrons. The molecule has 0 aromatic carbocycles. The normalized spacial score (nSPS) is 10.2. The van der Waals surface area contributed by atoms with Crippen LogP contribution in [0.3, 0.4) is 0 Å². The van der Waals surface area contributed by atoms with Crippen LogP contribution in [-0.2, 0) is 0 Å². The van der Waals surface area contributed by atoms with Gasteiger partial charge in [0.1, 0.15) is 16.8 Å². The number of aromatic nitrogens is 3. The summed E-state index contributed by atoms with van der Waals surface area (Å²) in [6.45, 7) is 1.77. The summed E-state index contributed by atoms with van der Waals surface area (Å²) in [7, 11) is 0. The lowest BCUT2D eigenvalue weighted by molar-refractivity contribution is 0.917. The van der Waals surface area contributed by atoms with Crippen LogP contribution >= 0.6 is 11.6 Å². The van der Waals surface area contributed by atoms with Crippen LogP contribution in [0, 0.1) is 18.3 Å². The van der Waals surface area contributed by atoms with Gasteiger partial charge in [0.2, 0.25) is 0 Å². The molecular weight excluding hydrogens is 188 g/mol. The number of nitriles is 1. The van der Waals surface area contributed by atoms with Crippen molar-refractivity contribution < 1.29 is 0 Å². The Hall–Kier alpha value is -1.60. The highest BCUT2D eigenvalue weighted by Gasteiger charge is 2.09. The molecule has 13 heavy (non-hydrogen) atoms. The molecule has 64 valence electrons. The number of nitrogens with zero attached hydrogens (tertiary/aromatic N) is 4. The molecule has 0 aliphatic carbocycles. The molecule has 0 N–H and O–H groups in total. The van der Waals surface area contributed by atoms with Crippen molar-refractivity contribution >= 4 is 17.2 Å². The van der Waals surface area contributed by atoms with Gasteiger partial charge in [0.15, 0.2) is 5.65 Å². The number of hydrogen-bond acceptors (Lipinski definition) is 3. The highest BCUT2D eigenvalue weighted by Crippen LogP contribution is 2.13. The zero-order valence-corrected chi connectivity index (χ0v) is 7.58. The van der Waals surface area contributed by atoms with Crippen LogP contribution in [0.4, 0.5) is 0 Å². The van der Waals surface area contributed by atoms with E-state index in [1.165, 1.54) is 0 Å². The second-order valence-corrected chi connectivity index (χ2v) is 2.98. The standard InChI is InChI=1S/C8H5ClN4/c1-5-6(4-10)8-11-7(9)2-3-13(8)12-5/h2-3H,1H3. The van der Waals surface area contributed by atoms with E-state index in [1.807, 2.05) is 6.07 Å². The van der Waals surface area contributed by atoms with Gasteiger partial charge >= 0.3 is 0 Å². The molecule has 0 saturated heterocycles. The molecule has 0 atom stereocenters. The molecule has 2 aromatic rings. The Morgan fingerprint density at radius 2 is 2.38 bits per heavy atom. The van der Waals surface area contributed by atoms with E-state index in [0.717, 1.165) is 0 Å². The Morgan fingerprint density at radius 1 is 1.62 bits per heavy atom. The summed E-state index contributed by atoms with van der Waals surface area (Å²) >= 11 is 5.70. The average Bonchev–Trinajstić information content (AvgIpc) is 2.40. The fourth-order valence-corrected chi connectivity index (χ4v) is 1.28. The van der Waals surface area contributed by atoms with Gasteiger partial charge < -0.3 is 0 Å². The van der Waals surface area contributed by atoms with Gasteiger partial charge in [0.05, 0.1) is 5.69 Å². The minimum absolute atomic E-state index is 0.365. The van der Waals surface area contributed by atoms with E-state index in [-0.39, 0.29) is 0 Å². The molecule has 0 saturated carbocycles. The Morgan fingerprint density at radius 3 is 3.08 bits per heavy atom. The molecule has 4 nitrogen and oxygen atoms in total. The first-order chi connectivity index (χ1) is 6.22. The molecule has 2 rings (SSSR count). The van der Waals surface area contributed by atoms with E-state index in [2.05, 4.69) is 10.1 Å². The monoisotopic (exact) mass is 192 g/mol. The van der Waals surface area contributed by atoms with Crippen LogP contribution < -0.4 is 0 Å². The van der Waals surface area contributed by atoms with Crippen LogP contribution in [0.2, 0.25) is 5.15 Å². The summed E-state index contributed by atoms with van der Waals surface area (Å²) in [5.74, 6) is 0. The largest absolute Gasteiger partial charge is 0.221 e. The highest BCUT2D eigenvalue weighted by molar-refractivity contribution is 6.29. The lowest BCUT2D eigenvalue weighted by Crippen LogP contribution is -1.89. The predicted octanol–water partition coefficient (Wildman–Crippen LogP) is 1.56. The first-order valence-corrected chi connectivity index (χ1v) is 4.02. The summed E-state index contributed by atoms with van der Waals surface area (Å²) in [5, 5.41) is 13.3. The Bertz CT molecular complexity index is 509. The van der Waals surface area contributed by atoms with Crippen molar-refractivity contribution in [3.05, 3.63) is 28.7 Å². The van der Waals surface area contributed by atoms with Gasteiger partial charge in [-0.15, -0.1) is 0 Å². The maximum atomic E-state index is 8.81. The van der Waals surface area contributed by atoms with Crippen LogP contribution in [0.15, 0.2) is 12.3 Å². The van der Waals surface area contributed by atoms with Gasteiger partial charge in [-0.3, -0.25) is 0 Å². The maximum absolute atomic E-state index is 8.81. The van der Waals surface area contributed by atoms with Gasteiger partial charge in [-0.25, -0.2) is 9.50 Å². The molecule has 2 aromatic heterocycles. The molecule has 0 aliphatic rings. The predicted molar refractivity (Wildman–Crippen MR) is 47.4 cm³/mol. The highest BCUT2D eigenvalue weighted by atomic mass is 35.5. The molecule has 0 bridgehead atoms. The SMILES string of the molecule is Cc1nn2ccc(Cl)nc2c1C#N. The van der Waals surface area contributed by atoms with E-state index < -0.39 is 0 Å². The maximum Gasteiger partial charge on any atom is 0.174 e. The smallest absolute Gasteiger partial charge is 0.174 e. The minimum Gasteiger partial charge on any atom is -0.221 e. The number of halogens is 1. The van der Waals surface area contributed by atoms with Crippen molar-refractivity contribution in [3.63, 3.8) is 0 Å². The van der Waals surface area contributed by atoms with Crippen molar-refractivity contribution in [2.45, 2.75) is 6.92 Å². The average molecular weight is 193 g/mol. The number of hydrogen-bond donors (Lipinski definition) is 0. The van der Waals surface area contributed by atoms with E-state index in [9.17, 15) is 0 Å². The third-order valence-electron chi connectivity index (χ3n) is 1.74. The van der Waals surface area contributed by atoms with Gasteiger partial charge in [0.25, 0.3) is 0 Å². The fraction of sp³-hybridized carbons (Fsp3) is 0.125. The fourth-order valence-electron chi connectivity index (χ4n) is 1.15. The van der Waals surface area contributed by atoms with Crippen LogP contribution in [0.5, 0.6) is 0 Å². The lowest BCUT2D eigenvalue weighted by atomic mass is 10.3. The number of fused-ring (bicyclic) bond motifs is 1. The second kappa shape index (κ2) is 2.71. The number of rotatable bonds is 0. The Balaban J connectivity index is 2.91. The van der Waals surface area contributed by atoms with Crippen molar-refractivity contribution in [2.24, 2.45) is 0 Å². The molecule has 0 amide bonds. The molecule has 0 fully saturated rings. The van der Waals surface area contributed by atoms with Crippen molar-refractivity contribution in [1.82, 2.24) is 14.6 Å². The van der Waals surface area contributed by atoms with E-state index in [0.29, 0.717) is 22.1 Å². The summed E-state index contributed by atoms with van der Waals surface area (Å²) in [6, 6.07) is 3.67. The van der Waals surface area contributed by atoms with Gasteiger partial charge in [-0.05, 0) is 13.0 Å².